The van der Waals surface area contributed by atoms with E-state index in [-0.39, 0.29) is 12.5 Å². The number of nitrogens with two attached hydrogens (primary N) is 1. The summed E-state index contributed by atoms with van der Waals surface area (Å²) in [7, 11) is 1.27. The van der Waals surface area contributed by atoms with Crippen molar-refractivity contribution in [1.82, 2.24) is 10.6 Å². The van der Waals surface area contributed by atoms with E-state index in [0.717, 1.165) is 38.3 Å². The van der Waals surface area contributed by atoms with Crippen molar-refractivity contribution >= 4 is 23.3 Å². The van der Waals surface area contributed by atoms with Gasteiger partial charge in [0, 0.05) is 31.0 Å². The summed E-state index contributed by atoms with van der Waals surface area (Å²) in [6.07, 6.45) is 1.05. The molecule has 1 fully saturated rings. The highest BCUT2D eigenvalue weighted by Crippen LogP contribution is 2.22. The van der Waals surface area contributed by atoms with E-state index in [1.54, 1.807) is 12.1 Å². The van der Waals surface area contributed by atoms with Crippen molar-refractivity contribution in [3.8, 4) is 0 Å². The van der Waals surface area contributed by atoms with Crippen LogP contribution in [0.4, 0.5) is 11.4 Å². The molecule has 0 radical (unpaired) electrons. The number of rotatable bonds is 4. The molecule has 1 amide bonds. The van der Waals surface area contributed by atoms with E-state index in [2.05, 4.69) is 20.3 Å². The summed E-state index contributed by atoms with van der Waals surface area (Å²) in [5.74, 6) is -0.876. The number of nitrogens with zero attached hydrogens (tertiary/aromatic N) is 1. The number of hydrogen-bond donors (Lipinski definition) is 3. The molecule has 120 valence electrons. The number of benzene rings is 1. The van der Waals surface area contributed by atoms with Gasteiger partial charge in [-0.05, 0) is 31.2 Å². The molecule has 1 aliphatic rings. The van der Waals surface area contributed by atoms with Gasteiger partial charge in [-0.15, -0.1) is 0 Å². The molecule has 0 bridgehead atoms. The first-order valence-corrected chi connectivity index (χ1v) is 7.32. The normalized spacial score (nSPS) is 15.0. The molecule has 1 aromatic rings. The number of ether oxygens (including phenoxy) is 1. The highest BCUT2D eigenvalue weighted by molar-refractivity contribution is 6.01. The van der Waals surface area contributed by atoms with Crippen LogP contribution >= 0.6 is 0 Å². The zero-order valence-electron chi connectivity index (χ0n) is 12.7. The zero-order valence-corrected chi connectivity index (χ0v) is 12.7. The lowest BCUT2D eigenvalue weighted by molar-refractivity contribution is -0.139. The smallest absolute Gasteiger partial charge is 0.325 e. The fraction of sp³-hybridized carbons (Fsp3) is 0.467. The minimum Gasteiger partial charge on any atom is -0.468 e. The minimum atomic E-state index is -0.498. The van der Waals surface area contributed by atoms with Crippen molar-refractivity contribution in [3.05, 3.63) is 23.8 Å². The summed E-state index contributed by atoms with van der Waals surface area (Å²) in [5.41, 5.74) is 7.60. The molecular weight excluding hydrogens is 284 g/mol. The van der Waals surface area contributed by atoms with Crippen LogP contribution in [0.2, 0.25) is 0 Å². The summed E-state index contributed by atoms with van der Waals surface area (Å²) < 4.78 is 4.50. The molecular formula is C15H22N4O3. The molecule has 0 aromatic heterocycles. The molecule has 1 aliphatic heterocycles. The maximum absolute atomic E-state index is 12.2. The van der Waals surface area contributed by atoms with Crippen molar-refractivity contribution < 1.29 is 14.3 Å². The van der Waals surface area contributed by atoms with Gasteiger partial charge in [0.2, 0.25) is 0 Å². The standard InChI is InChI=1S/C15H22N4O3/c1-22-14(20)10-18-15(21)12-9-11(3-4-13(12)16)19-7-2-5-17-6-8-19/h3-4,9,17H,2,5-8,10,16H2,1H3,(H,18,21). The second-order valence-corrected chi connectivity index (χ2v) is 5.12. The lowest BCUT2D eigenvalue weighted by atomic mass is 10.1. The Kier molecular flexibility index (Phi) is 5.60. The second kappa shape index (κ2) is 7.65. The molecule has 7 nitrogen and oxygen atoms in total. The van der Waals surface area contributed by atoms with Gasteiger partial charge in [0.1, 0.15) is 6.54 Å². The predicted molar refractivity (Wildman–Crippen MR) is 84.9 cm³/mol. The molecule has 0 atom stereocenters. The van der Waals surface area contributed by atoms with Crippen LogP contribution < -0.4 is 21.3 Å². The van der Waals surface area contributed by atoms with Crippen molar-refractivity contribution in [2.75, 3.05) is 50.5 Å². The molecule has 7 heteroatoms. The van der Waals surface area contributed by atoms with E-state index >= 15 is 0 Å². The third-order valence-corrected chi connectivity index (χ3v) is 3.61. The Morgan fingerprint density at radius 1 is 1.36 bits per heavy atom. The van der Waals surface area contributed by atoms with Crippen molar-refractivity contribution in [3.63, 3.8) is 0 Å². The maximum Gasteiger partial charge on any atom is 0.325 e. The van der Waals surface area contributed by atoms with Crippen LogP contribution in [0.25, 0.3) is 0 Å². The summed E-state index contributed by atoms with van der Waals surface area (Å²) in [4.78, 5) is 25.5. The first-order chi connectivity index (χ1) is 10.6. The SMILES string of the molecule is COC(=O)CNC(=O)c1cc(N2CCCNCC2)ccc1N. The Morgan fingerprint density at radius 2 is 2.18 bits per heavy atom. The fourth-order valence-corrected chi connectivity index (χ4v) is 2.36. The Hall–Kier alpha value is -2.28. The van der Waals surface area contributed by atoms with E-state index in [4.69, 9.17) is 5.73 Å². The number of carbonyl (C=O) groups is 2. The summed E-state index contributed by atoms with van der Waals surface area (Å²) in [6, 6.07) is 5.41. The number of esters is 1. The van der Waals surface area contributed by atoms with E-state index in [1.165, 1.54) is 7.11 Å². The van der Waals surface area contributed by atoms with Crippen LogP contribution in [-0.2, 0) is 9.53 Å². The lowest BCUT2D eigenvalue weighted by Crippen LogP contribution is -2.31. The van der Waals surface area contributed by atoms with Crippen molar-refractivity contribution in [2.24, 2.45) is 0 Å². The molecule has 4 N–H and O–H groups in total. The average Bonchev–Trinajstić information content (AvgIpc) is 2.82. The highest BCUT2D eigenvalue weighted by Gasteiger charge is 2.15. The van der Waals surface area contributed by atoms with Crippen molar-refractivity contribution in [1.29, 1.82) is 0 Å². The maximum atomic E-state index is 12.2. The quantitative estimate of drug-likeness (QED) is 0.534. The molecule has 1 aromatic carbocycles. The Labute approximate surface area is 129 Å². The Balaban J connectivity index is 2.11. The van der Waals surface area contributed by atoms with Crippen LogP contribution in [0, 0.1) is 0 Å². The monoisotopic (exact) mass is 306 g/mol. The van der Waals surface area contributed by atoms with Crippen LogP contribution in [0.1, 0.15) is 16.8 Å². The molecule has 2 rings (SSSR count). The first kappa shape index (κ1) is 16.1. The Morgan fingerprint density at radius 3 is 2.95 bits per heavy atom. The number of amides is 1. The number of hydrogen-bond acceptors (Lipinski definition) is 6. The molecule has 22 heavy (non-hydrogen) atoms. The molecule has 0 saturated carbocycles. The third kappa shape index (κ3) is 4.11. The number of anilines is 2. The van der Waals surface area contributed by atoms with Crippen molar-refractivity contribution in [2.45, 2.75) is 6.42 Å². The van der Waals surface area contributed by atoms with E-state index < -0.39 is 5.97 Å². The second-order valence-electron chi connectivity index (χ2n) is 5.12. The van der Waals surface area contributed by atoms with Gasteiger partial charge in [-0.3, -0.25) is 9.59 Å². The topological polar surface area (TPSA) is 96.7 Å². The van der Waals surface area contributed by atoms with Gasteiger partial charge >= 0.3 is 5.97 Å². The zero-order chi connectivity index (χ0) is 15.9. The van der Waals surface area contributed by atoms with Crippen LogP contribution in [0.3, 0.4) is 0 Å². The average molecular weight is 306 g/mol. The van der Waals surface area contributed by atoms with Gasteiger partial charge in [-0.25, -0.2) is 0 Å². The summed E-state index contributed by atoms with van der Waals surface area (Å²) >= 11 is 0. The Bertz CT molecular complexity index is 540. The number of carbonyl (C=O) groups excluding carboxylic acids is 2. The summed E-state index contributed by atoms with van der Waals surface area (Å²) in [6.45, 7) is 3.55. The fourth-order valence-electron chi connectivity index (χ4n) is 2.36. The van der Waals surface area contributed by atoms with E-state index in [0.29, 0.717) is 11.3 Å². The van der Waals surface area contributed by atoms with Gasteiger partial charge in [0.25, 0.3) is 5.91 Å². The highest BCUT2D eigenvalue weighted by atomic mass is 16.5. The molecule has 0 aliphatic carbocycles. The largest absolute Gasteiger partial charge is 0.468 e. The molecule has 1 heterocycles. The van der Waals surface area contributed by atoms with Gasteiger partial charge in [-0.2, -0.15) is 0 Å². The van der Waals surface area contributed by atoms with Crippen LogP contribution in [-0.4, -0.2) is 51.7 Å². The van der Waals surface area contributed by atoms with E-state index in [9.17, 15) is 9.59 Å². The number of nitrogens with one attached hydrogen (secondary N) is 2. The lowest BCUT2D eigenvalue weighted by Gasteiger charge is -2.23. The third-order valence-electron chi connectivity index (χ3n) is 3.61. The first-order valence-electron chi connectivity index (χ1n) is 7.32. The number of nitrogen functional groups attached to an aromatic ring is 1. The molecule has 1 saturated heterocycles. The molecule has 0 spiro atoms. The minimum absolute atomic E-state index is 0.174. The van der Waals surface area contributed by atoms with E-state index in [1.807, 2.05) is 6.07 Å². The van der Waals surface area contributed by atoms with Gasteiger partial charge in [0.15, 0.2) is 0 Å². The molecule has 0 unspecified atom stereocenters. The van der Waals surface area contributed by atoms with Gasteiger partial charge in [0.05, 0.1) is 12.7 Å². The summed E-state index contributed by atoms with van der Waals surface area (Å²) in [5, 5.41) is 5.85. The van der Waals surface area contributed by atoms with Crippen LogP contribution in [0.5, 0.6) is 0 Å². The number of methoxy groups -OCH3 is 1. The predicted octanol–water partition coefficient (Wildman–Crippen LogP) is -0.0287. The van der Waals surface area contributed by atoms with Gasteiger partial charge in [-0.1, -0.05) is 0 Å². The van der Waals surface area contributed by atoms with Crippen LogP contribution in [0.15, 0.2) is 18.2 Å². The van der Waals surface area contributed by atoms with Gasteiger partial charge < -0.3 is 26.0 Å².